The van der Waals surface area contributed by atoms with Crippen molar-refractivity contribution < 1.29 is 13.1 Å². The van der Waals surface area contributed by atoms with Crippen molar-refractivity contribution in [1.82, 2.24) is 0 Å². The van der Waals surface area contributed by atoms with Crippen LogP contribution in [-0.4, -0.2) is 13.2 Å². The molecule has 0 amide bonds. The van der Waals surface area contributed by atoms with Crippen LogP contribution in [0.1, 0.15) is 31.7 Å². The number of methoxy groups -OCH3 is 1. The topological polar surface area (TPSA) is 38.8 Å². The summed E-state index contributed by atoms with van der Waals surface area (Å²) in [7, 11) is 0.171. The maximum absolute atomic E-state index is 6.98. The molecular formula is C34H30NO3P. The highest BCUT2D eigenvalue weighted by atomic mass is 31.1. The Balaban J connectivity index is 1.63. The summed E-state index contributed by atoms with van der Waals surface area (Å²) in [5, 5.41) is 6.85. The molecule has 1 aliphatic heterocycles. The molecule has 0 unspecified atom stereocenters. The van der Waals surface area contributed by atoms with E-state index >= 15 is 0 Å². The highest BCUT2D eigenvalue weighted by Gasteiger charge is 2.30. The minimum Gasteiger partial charge on any atom is -0.495 e. The van der Waals surface area contributed by atoms with Gasteiger partial charge in [0.05, 0.1) is 18.8 Å². The fourth-order valence-electron chi connectivity index (χ4n) is 5.83. The Morgan fingerprint density at radius 3 is 2.03 bits per heavy atom. The molecule has 1 atom stereocenters. The molecule has 5 aromatic carbocycles. The van der Waals surface area contributed by atoms with Gasteiger partial charge in [-0.05, 0) is 46.2 Å². The number of hydrogen-bond donors (Lipinski definition) is 0. The predicted molar refractivity (Wildman–Crippen MR) is 165 cm³/mol. The first kappa shape index (κ1) is 23.9. The van der Waals surface area contributed by atoms with Gasteiger partial charge in [-0.15, -0.1) is 0 Å². The van der Waals surface area contributed by atoms with Crippen molar-refractivity contribution in [2.45, 2.75) is 32.2 Å². The van der Waals surface area contributed by atoms with Gasteiger partial charge < -0.3 is 13.1 Å². The molecule has 0 bridgehead atoms. The highest BCUT2D eigenvalue weighted by molar-refractivity contribution is 7.39. The molecule has 7 rings (SSSR count). The summed E-state index contributed by atoms with van der Waals surface area (Å²) in [5.41, 5.74) is 3.82. The predicted octanol–water partition coefficient (Wildman–Crippen LogP) is 10.5. The average Bonchev–Trinajstić information content (AvgIpc) is 3.16. The van der Waals surface area contributed by atoms with Crippen LogP contribution in [0, 0.1) is 0 Å². The molecular weight excluding hydrogens is 501 g/mol. The molecule has 0 aliphatic carbocycles. The van der Waals surface area contributed by atoms with Crippen molar-refractivity contribution >= 4 is 63.4 Å². The van der Waals surface area contributed by atoms with E-state index in [0.717, 1.165) is 69.0 Å². The van der Waals surface area contributed by atoms with Gasteiger partial charge in [-0.25, -0.2) is 0 Å². The van der Waals surface area contributed by atoms with Gasteiger partial charge in [-0.3, -0.25) is 4.67 Å². The molecule has 0 saturated carbocycles. The first-order valence-corrected chi connectivity index (χ1v) is 14.7. The van der Waals surface area contributed by atoms with Crippen LogP contribution >= 0.6 is 8.16 Å². The van der Waals surface area contributed by atoms with Crippen molar-refractivity contribution in [3.8, 4) is 5.75 Å². The Morgan fingerprint density at radius 1 is 0.769 bits per heavy atom. The lowest BCUT2D eigenvalue weighted by Crippen LogP contribution is -2.29. The highest BCUT2D eigenvalue weighted by Crippen LogP contribution is 2.50. The van der Waals surface area contributed by atoms with Gasteiger partial charge in [0.15, 0.2) is 0 Å². The Kier molecular flexibility index (Phi) is 6.06. The van der Waals surface area contributed by atoms with Crippen LogP contribution < -0.4 is 9.41 Å². The largest absolute Gasteiger partial charge is 0.495 e. The SMILES string of the molecule is CCCC[C@@H]1C=Cc2cccc(OC)c2N1p1oc2ccc3ccccc3c2c2c(ccc3ccccc32)o1. The molecule has 0 spiro atoms. The number of rotatable bonds is 5. The van der Waals surface area contributed by atoms with Gasteiger partial charge in [0, 0.05) is 16.3 Å². The number of nitrogens with zero attached hydrogens (tertiary/aromatic N) is 1. The van der Waals surface area contributed by atoms with Crippen molar-refractivity contribution in [2.75, 3.05) is 11.8 Å². The summed E-state index contributed by atoms with van der Waals surface area (Å²) < 4.78 is 22.2. The molecule has 39 heavy (non-hydrogen) atoms. The van der Waals surface area contributed by atoms with E-state index in [4.69, 9.17) is 13.1 Å². The smallest absolute Gasteiger partial charge is 0.342 e. The number of para-hydroxylation sites is 1. The molecule has 0 saturated heterocycles. The third kappa shape index (κ3) is 3.99. The number of anilines is 1. The van der Waals surface area contributed by atoms with Gasteiger partial charge in [-0.1, -0.05) is 105 Å². The minimum absolute atomic E-state index is 0.130. The van der Waals surface area contributed by atoms with Gasteiger partial charge in [0.25, 0.3) is 0 Å². The lowest BCUT2D eigenvalue weighted by atomic mass is 9.99. The number of ether oxygens (including phenoxy) is 1. The fraction of sp³-hybridized carbons (Fsp3) is 0.176. The third-order valence-corrected chi connectivity index (χ3v) is 9.26. The van der Waals surface area contributed by atoms with Crippen molar-refractivity contribution in [3.05, 3.63) is 103 Å². The molecule has 2 heterocycles. The third-order valence-electron chi connectivity index (χ3n) is 7.71. The van der Waals surface area contributed by atoms with E-state index < -0.39 is 8.16 Å². The monoisotopic (exact) mass is 531 g/mol. The quantitative estimate of drug-likeness (QED) is 0.222. The van der Waals surface area contributed by atoms with Crippen molar-refractivity contribution in [1.29, 1.82) is 0 Å². The summed E-state index contributed by atoms with van der Waals surface area (Å²) in [5.74, 6) is 0.828. The molecule has 4 nitrogen and oxygen atoms in total. The van der Waals surface area contributed by atoms with Gasteiger partial charge in [0.2, 0.25) is 0 Å². The molecule has 1 aromatic heterocycles. The van der Waals surface area contributed by atoms with Crippen LogP contribution in [0.2, 0.25) is 0 Å². The van der Waals surface area contributed by atoms with E-state index in [1.165, 1.54) is 10.8 Å². The second kappa shape index (κ2) is 9.87. The molecule has 6 aromatic rings. The molecule has 194 valence electrons. The second-order valence-corrected chi connectivity index (χ2v) is 11.3. The zero-order valence-electron chi connectivity index (χ0n) is 22.1. The summed E-state index contributed by atoms with van der Waals surface area (Å²) in [6.45, 7) is 2.23. The van der Waals surface area contributed by atoms with Gasteiger partial charge >= 0.3 is 8.16 Å². The summed E-state index contributed by atoms with van der Waals surface area (Å²) in [6.07, 6.45) is 7.75. The van der Waals surface area contributed by atoms with Crippen LogP contribution in [0.3, 0.4) is 0 Å². The van der Waals surface area contributed by atoms with Crippen molar-refractivity contribution in [2.24, 2.45) is 0 Å². The van der Waals surface area contributed by atoms with Crippen LogP contribution in [0.25, 0.3) is 49.6 Å². The Hall–Kier alpha value is -4.14. The summed E-state index contributed by atoms with van der Waals surface area (Å²) in [4.78, 5) is 0. The molecule has 5 heteroatoms. The Morgan fingerprint density at radius 2 is 1.41 bits per heavy atom. The number of unbranched alkanes of at least 4 members (excludes halogenated alkanes) is 1. The molecule has 0 N–H and O–H groups in total. The normalized spacial score (nSPS) is 14.8. The van der Waals surface area contributed by atoms with Crippen molar-refractivity contribution in [3.63, 3.8) is 0 Å². The maximum atomic E-state index is 6.98. The van der Waals surface area contributed by atoms with E-state index in [2.05, 4.69) is 103 Å². The van der Waals surface area contributed by atoms with E-state index in [1.54, 1.807) is 7.11 Å². The molecule has 1 aliphatic rings. The first-order chi connectivity index (χ1) is 19.3. The average molecular weight is 532 g/mol. The standard InChI is InChI=1S/C34H30NO3P/c1-3-4-13-26-20-17-25-12-9-16-31(36-2)34(25)35(26)39-37-29-21-18-23-10-5-7-14-27(23)32(29)33-28-15-8-6-11-24(28)19-22-30(33)38-39/h5-12,14-22,26H,3-4,13H2,1-2H3/t26-/m1/s1. The maximum Gasteiger partial charge on any atom is 0.342 e. The number of fused-ring (bicyclic) bond motifs is 8. The zero-order valence-corrected chi connectivity index (χ0v) is 23.0. The van der Waals surface area contributed by atoms with Gasteiger partial charge in [-0.2, -0.15) is 0 Å². The van der Waals surface area contributed by atoms with E-state index in [1.807, 2.05) is 12.1 Å². The Labute approximate surface area is 228 Å². The number of hydrogen-bond acceptors (Lipinski definition) is 4. The van der Waals surface area contributed by atoms with Crippen LogP contribution in [-0.2, 0) is 0 Å². The first-order valence-electron chi connectivity index (χ1n) is 13.6. The minimum atomic E-state index is -1.56. The van der Waals surface area contributed by atoms with Gasteiger partial charge in [0.1, 0.15) is 16.9 Å². The lowest BCUT2D eigenvalue weighted by Gasteiger charge is -2.33. The van der Waals surface area contributed by atoms with Crippen LogP contribution in [0.4, 0.5) is 5.69 Å². The Bertz CT molecular complexity index is 1830. The van der Waals surface area contributed by atoms with E-state index in [0.29, 0.717) is 0 Å². The lowest BCUT2D eigenvalue weighted by molar-refractivity contribution is 0.414. The fourth-order valence-corrected chi connectivity index (χ4v) is 7.49. The molecule has 0 fully saturated rings. The number of benzene rings is 5. The van der Waals surface area contributed by atoms with E-state index in [-0.39, 0.29) is 6.04 Å². The van der Waals surface area contributed by atoms with Crippen LogP contribution in [0.15, 0.2) is 105 Å². The summed E-state index contributed by atoms with van der Waals surface area (Å²) in [6, 6.07) is 31.9. The second-order valence-electron chi connectivity index (χ2n) is 10.1. The summed E-state index contributed by atoms with van der Waals surface area (Å²) >= 11 is 0. The van der Waals surface area contributed by atoms with E-state index in [9.17, 15) is 0 Å². The zero-order chi connectivity index (χ0) is 26.3. The van der Waals surface area contributed by atoms with Crippen LogP contribution in [0.5, 0.6) is 5.75 Å². The molecule has 0 radical (unpaired) electrons.